The predicted octanol–water partition coefficient (Wildman–Crippen LogP) is 3.63. The third kappa shape index (κ3) is 2.29. The highest BCUT2D eigenvalue weighted by Gasteiger charge is 2.35. The van der Waals surface area contributed by atoms with Crippen molar-refractivity contribution in [2.75, 3.05) is 0 Å². The summed E-state index contributed by atoms with van der Waals surface area (Å²) in [5, 5.41) is 0. The molecule has 0 saturated carbocycles. The van der Waals surface area contributed by atoms with Gasteiger partial charge in [-0.3, -0.25) is 4.40 Å². The fourth-order valence-corrected chi connectivity index (χ4v) is 1.93. The lowest BCUT2D eigenvalue weighted by Gasteiger charge is -2.07. The Balaban J connectivity index is 2.64. The molecule has 0 unspecified atom stereocenters. The van der Waals surface area contributed by atoms with Gasteiger partial charge in [-0.25, -0.2) is 9.97 Å². The average molecular weight is 308 g/mol. The summed E-state index contributed by atoms with van der Waals surface area (Å²) >= 11 is 2.87. The first kappa shape index (κ1) is 12.3. The van der Waals surface area contributed by atoms with Gasteiger partial charge in [0.05, 0.1) is 10.2 Å². The molecule has 7 heteroatoms. The molecule has 0 bridgehead atoms. The van der Waals surface area contributed by atoms with Crippen LogP contribution < -0.4 is 0 Å². The third-order valence-electron chi connectivity index (χ3n) is 2.28. The van der Waals surface area contributed by atoms with E-state index in [2.05, 4.69) is 25.9 Å². The summed E-state index contributed by atoms with van der Waals surface area (Å²) in [6.07, 6.45) is -1.48. The van der Waals surface area contributed by atoms with Crippen molar-refractivity contribution < 1.29 is 13.2 Å². The van der Waals surface area contributed by atoms with Crippen LogP contribution in [-0.4, -0.2) is 14.4 Å². The Morgan fingerprint density at radius 1 is 1.24 bits per heavy atom. The van der Waals surface area contributed by atoms with Crippen LogP contribution in [0, 0.1) is 0 Å². The van der Waals surface area contributed by atoms with Crippen molar-refractivity contribution in [2.45, 2.75) is 25.9 Å². The SMILES string of the molecule is CC(C)c1cn2cc(Br)c(C(F)(F)F)nc2n1. The Hall–Kier alpha value is -1.11. The molecule has 0 amide bonds. The van der Waals surface area contributed by atoms with E-state index in [1.54, 1.807) is 6.20 Å². The van der Waals surface area contributed by atoms with Gasteiger partial charge in [-0.2, -0.15) is 13.2 Å². The summed E-state index contributed by atoms with van der Waals surface area (Å²) in [4.78, 5) is 7.59. The van der Waals surface area contributed by atoms with Crippen LogP contribution in [0.1, 0.15) is 31.2 Å². The molecule has 17 heavy (non-hydrogen) atoms. The Bertz CT molecular complexity index is 560. The van der Waals surface area contributed by atoms with Gasteiger partial charge < -0.3 is 0 Å². The van der Waals surface area contributed by atoms with Crippen molar-refractivity contribution in [2.24, 2.45) is 0 Å². The minimum absolute atomic E-state index is 0.0595. The monoisotopic (exact) mass is 307 g/mol. The summed E-state index contributed by atoms with van der Waals surface area (Å²) in [6, 6.07) is 0. The molecule has 2 heterocycles. The van der Waals surface area contributed by atoms with E-state index < -0.39 is 11.9 Å². The van der Waals surface area contributed by atoms with E-state index in [1.807, 2.05) is 13.8 Å². The Morgan fingerprint density at radius 3 is 2.41 bits per heavy atom. The molecule has 0 aliphatic heterocycles. The van der Waals surface area contributed by atoms with E-state index in [0.717, 1.165) is 0 Å². The molecule has 2 rings (SSSR count). The molecular formula is C10H9BrF3N3. The first-order valence-electron chi connectivity index (χ1n) is 4.91. The maximum absolute atomic E-state index is 12.6. The van der Waals surface area contributed by atoms with E-state index in [9.17, 15) is 13.2 Å². The highest BCUT2D eigenvalue weighted by atomic mass is 79.9. The summed E-state index contributed by atoms with van der Waals surface area (Å²) in [5.74, 6) is 0.203. The molecule has 2 aromatic heterocycles. The molecule has 0 N–H and O–H groups in total. The number of rotatable bonds is 1. The highest BCUT2D eigenvalue weighted by molar-refractivity contribution is 9.10. The van der Waals surface area contributed by atoms with E-state index in [0.29, 0.717) is 5.69 Å². The Morgan fingerprint density at radius 2 is 1.88 bits per heavy atom. The van der Waals surface area contributed by atoms with Gasteiger partial charge >= 0.3 is 6.18 Å². The second-order valence-electron chi connectivity index (χ2n) is 3.96. The largest absolute Gasteiger partial charge is 0.434 e. The predicted molar refractivity (Wildman–Crippen MR) is 59.8 cm³/mol. The van der Waals surface area contributed by atoms with Crippen molar-refractivity contribution in [1.29, 1.82) is 0 Å². The maximum Gasteiger partial charge on any atom is 0.434 e. The molecule has 0 aromatic carbocycles. The van der Waals surface area contributed by atoms with Crippen LogP contribution in [0.4, 0.5) is 13.2 Å². The zero-order valence-electron chi connectivity index (χ0n) is 9.09. The molecule has 2 aromatic rings. The Kier molecular flexibility index (Phi) is 2.89. The summed E-state index contributed by atoms with van der Waals surface area (Å²) < 4.78 is 39.2. The van der Waals surface area contributed by atoms with Crippen LogP contribution in [0.5, 0.6) is 0 Å². The lowest BCUT2D eigenvalue weighted by Crippen LogP contribution is -2.10. The first-order valence-corrected chi connectivity index (χ1v) is 5.70. The molecule has 0 saturated heterocycles. The zero-order valence-corrected chi connectivity index (χ0v) is 10.7. The smallest absolute Gasteiger partial charge is 0.290 e. The second-order valence-corrected chi connectivity index (χ2v) is 4.82. The quantitative estimate of drug-likeness (QED) is 0.805. The second kappa shape index (κ2) is 3.97. The number of nitrogens with zero attached hydrogens (tertiary/aromatic N) is 3. The van der Waals surface area contributed by atoms with Crippen LogP contribution in [0.3, 0.4) is 0 Å². The molecule has 3 nitrogen and oxygen atoms in total. The van der Waals surface area contributed by atoms with Gasteiger partial charge in [0.1, 0.15) is 0 Å². The fourth-order valence-electron chi connectivity index (χ4n) is 1.39. The average Bonchev–Trinajstić information content (AvgIpc) is 2.57. The summed E-state index contributed by atoms with van der Waals surface area (Å²) in [5.41, 5.74) is -0.241. The zero-order chi connectivity index (χ0) is 12.8. The van der Waals surface area contributed by atoms with E-state index in [1.165, 1.54) is 10.6 Å². The van der Waals surface area contributed by atoms with Gasteiger partial charge in [-0.05, 0) is 21.8 Å². The number of aromatic nitrogens is 3. The van der Waals surface area contributed by atoms with E-state index in [-0.39, 0.29) is 16.2 Å². The van der Waals surface area contributed by atoms with Crippen LogP contribution in [0.25, 0.3) is 5.78 Å². The molecule has 0 atom stereocenters. The number of alkyl halides is 3. The number of fused-ring (bicyclic) bond motifs is 1. The van der Waals surface area contributed by atoms with Crippen molar-refractivity contribution in [3.63, 3.8) is 0 Å². The topological polar surface area (TPSA) is 30.2 Å². The Labute approximate surface area is 104 Å². The highest BCUT2D eigenvalue weighted by Crippen LogP contribution is 2.33. The minimum Gasteiger partial charge on any atom is -0.290 e. The minimum atomic E-state index is -4.48. The van der Waals surface area contributed by atoms with Gasteiger partial charge in [0.15, 0.2) is 5.69 Å². The number of imidazole rings is 1. The maximum atomic E-state index is 12.6. The lowest BCUT2D eigenvalue weighted by molar-refractivity contribution is -0.141. The standard InChI is InChI=1S/C10H9BrF3N3/c1-5(2)7-4-17-3-6(11)8(10(12,13)14)16-9(17)15-7/h3-5H,1-2H3. The van der Waals surface area contributed by atoms with Crippen LogP contribution in [-0.2, 0) is 6.18 Å². The normalized spacial score (nSPS) is 12.6. The fraction of sp³-hybridized carbons (Fsp3) is 0.400. The summed E-state index contributed by atoms with van der Waals surface area (Å²) in [6.45, 7) is 3.84. The molecule has 0 fully saturated rings. The summed E-state index contributed by atoms with van der Waals surface area (Å²) in [7, 11) is 0. The van der Waals surface area contributed by atoms with Crippen molar-refractivity contribution in [3.05, 3.63) is 28.3 Å². The van der Waals surface area contributed by atoms with Gasteiger partial charge in [-0.15, -0.1) is 0 Å². The van der Waals surface area contributed by atoms with Gasteiger partial charge in [0.2, 0.25) is 5.78 Å². The van der Waals surface area contributed by atoms with E-state index >= 15 is 0 Å². The van der Waals surface area contributed by atoms with Crippen LogP contribution >= 0.6 is 15.9 Å². The third-order valence-corrected chi connectivity index (χ3v) is 2.86. The molecule has 92 valence electrons. The molecule has 0 aliphatic rings. The van der Waals surface area contributed by atoms with Crippen molar-refractivity contribution in [3.8, 4) is 0 Å². The number of hydrogen-bond donors (Lipinski definition) is 0. The van der Waals surface area contributed by atoms with E-state index in [4.69, 9.17) is 0 Å². The van der Waals surface area contributed by atoms with Crippen LogP contribution in [0.2, 0.25) is 0 Å². The first-order chi connectivity index (χ1) is 7.79. The molecule has 0 radical (unpaired) electrons. The van der Waals surface area contributed by atoms with Crippen molar-refractivity contribution >= 4 is 21.7 Å². The van der Waals surface area contributed by atoms with Crippen LogP contribution in [0.15, 0.2) is 16.9 Å². The lowest BCUT2D eigenvalue weighted by atomic mass is 10.2. The van der Waals surface area contributed by atoms with Gasteiger partial charge in [0, 0.05) is 12.4 Å². The van der Waals surface area contributed by atoms with Gasteiger partial charge in [-0.1, -0.05) is 13.8 Å². The van der Waals surface area contributed by atoms with Gasteiger partial charge in [0.25, 0.3) is 0 Å². The molecular weight excluding hydrogens is 299 g/mol. The molecule has 0 spiro atoms. The van der Waals surface area contributed by atoms with Crippen molar-refractivity contribution in [1.82, 2.24) is 14.4 Å². The molecule has 0 aliphatic carbocycles. The number of halogens is 4. The number of hydrogen-bond acceptors (Lipinski definition) is 2.